The Hall–Kier alpha value is -3.69. The number of aliphatic hydroxyl groups excluding tert-OH is 1. The number of carbonyl (C=O) groups is 2. The maximum Gasteiger partial charge on any atom is 0.299 e. The van der Waals surface area contributed by atoms with Crippen molar-refractivity contribution in [2.45, 2.75) is 4.90 Å². The van der Waals surface area contributed by atoms with E-state index in [0.29, 0.717) is 16.8 Å². The van der Waals surface area contributed by atoms with Crippen molar-refractivity contribution in [3.63, 3.8) is 0 Å². The van der Waals surface area contributed by atoms with E-state index in [1.54, 1.807) is 36.4 Å². The Balaban J connectivity index is 2.26. The number of rotatable bonds is 2. The number of aliphatic hydroxyl groups is 1. The first kappa shape index (κ1) is 18.7. The second kappa shape index (κ2) is 6.16. The molecule has 0 amide bonds. The van der Waals surface area contributed by atoms with Gasteiger partial charge >= 0.3 is 0 Å². The average Bonchev–Trinajstić information content (AvgIpc) is 2.67. The van der Waals surface area contributed by atoms with E-state index in [-0.39, 0.29) is 5.56 Å². The van der Waals surface area contributed by atoms with Gasteiger partial charge in [0.2, 0.25) is 5.78 Å². The SMILES string of the molecule is O=C1C(=O)c2c(O)c(-c3cccc4ccccc34)c(S(=O)(=O)O)c(O)c2C=C1O. The minimum absolute atomic E-state index is 0.102. The van der Waals surface area contributed by atoms with E-state index >= 15 is 0 Å². The van der Waals surface area contributed by atoms with Crippen LogP contribution in [0, 0.1) is 0 Å². The molecule has 3 aromatic carbocycles. The number of fused-ring (bicyclic) bond motifs is 2. The lowest BCUT2D eigenvalue weighted by atomic mass is 9.87. The van der Waals surface area contributed by atoms with Gasteiger partial charge in [-0.25, -0.2) is 0 Å². The molecule has 4 N–H and O–H groups in total. The number of aromatic hydroxyl groups is 2. The molecule has 0 heterocycles. The number of benzene rings is 3. The predicted octanol–water partition coefficient (Wildman–Crippen LogP) is 2.83. The summed E-state index contributed by atoms with van der Waals surface area (Å²) >= 11 is 0. The van der Waals surface area contributed by atoms with Crippen LogP contribution in [0.15, 0.2) is 53.1 Å². The number of ketones is 2. The number of hydrogen-bond acceptors (Lipinski definition) is 7. The molecule has 0 aromatic heterocycles. The summed E-state index contributed by atoms with van der Waals surface area (Å²) in [7, 11) is -5.10. The Bertz CT molecular complexity index is 1380. The predicted molar refractivity (Wildman–Crippen MR) is 102 cm³/mol. The van der Waals surface area contributed by atoms with E-state index < -0.39 is 60.5 Å². The van der Waals surface area contributed by atoms with Crippen molar-refractivity contribution in [2.75, 3.05) is 0 Å². The van der Waals surface area contributed by atoms with E-state index in [1.165, 1.54) is 6.07 Å². The van der Waals surface area contributed by atoms with Crippen molar-refractivity contribution >= 4 is 38.5 Å². The molecular formula is C20H12O8S. The standard InChI is InChI=1S/C20H12O8S/c21-13-8-12-14(19(25)17(13)23)18(24)15(20(16(12)22)29(26,27)28)11-7-3-5-9-4-1-2-6-10(9)11/h1-8,21-22,24H,(H,26,27,28). The van der Waals surface area contributed by atoms with Crippen LogP contribution in [0.25, 0.3) is 28.0 Å². The summed E-state index contributed by atoms with van der Waals surface area (Å²) in [6, 6.07) is 11.4. The van der Waals surface area contributed by atoms with Gasteiger partial charge in [0.05, 0.1) is 5.56 Å². The quantitative estimate of drug-likeness (QED) is 0.285. The van der Waals surface area contributed by atoms with Crippen molar-refractivity contribution in [1.29, 1.82) is 0 Å². The van der Waals surface area contributed by atoms with Gasteiger partial charge in [-0.2, -0.15) is 8.42 Å². The molecule has 4 rings (SSSR count). The molecule has 0 saturated carbocycles. The Morgan fingerprint density at radius 3 is 2.10 bits per heavy atom. The summed E-state index contributed by atoms with van der Waals surface area (Å²) in [5.74, 6) is -5.66. The fraction of sp³-hybridized carbons (Fsp3) is 0. The van der Waals surface area contributed by atoms with Crippen LogP contribution in [-0.4, -0.2) is 39.9 Å². The van der Waals surface area contributed by atoms with Crippen LogP contribution in [0.4, 0.5) is 0 Å². The van der Waals surface area contributed by atoms with Crippen LogP contribution in [-0.2, 0) is 14.9 Å². The highest BCUT2D eigenvalue weighted by Gasteiger charge is 2.38. The van der Waals surface area contributed by atoms with Gasteiger partial charge in [0.1, 0.15) is 16.4 Å². The summed E-state index contributed by atoms with van der Waals surface area (Å²) in [6.45, 7) is 0. The van der Waals surface area contributed by atoms with Gasteiger partial charge in [0.25, 0.3) is 15.9 Å². The first-order chi connectivity index (χ1) is 13.6. The third-order valence-electron chi connectivity index (χ3n) is 4.70. The summed E-state index contributed by atoms with van der Waals surface area (Å²) in [4.78, 5) is 23.2. The molecule has 0 radical (unpaired) electrons. The number of carbonyl (C=O) groups excluding carboxylic acids is 2. The maximum absolute atomic E-state index is 12.4. The van der Waals surface area contributed by atoms with Crippen molar-refractivity contribution in [2.24, 2.45) is 0 Å². The van der Waals surface area contributed by atoms with E-state index in [9.17, 15) is 37.9 Å². The van der Waals surface area contributed by atoms with Gasteiger partial charge in [-0.15, -0.1) is 0 Å². The Morgan fingerprint density at radius 1 is 0.759 bits per heavy atom. The fourth-order valence-corrected chi connectivity index (χ4v) is 4.29. The van der Waals surface area contributed by atoms with E-state index in [0.717, 1.165) is 0 Å². The van der Waals surface area contributed by atoms with Gasteiger partial charge in [0.15, 0.2) is 5.76 Å². The molecular weight excluding hydrogens is 400 g/mol. The number of Topliss-reactive ketones (excluding diaryl/α,β-unsaturated/α-hetero) is 2. The lowest BCUT2D eigenvalue weighted by Crippen LogP contribution is -2.22. The maximum atomic E-state index is 12.4. The van der Waals surface area contributed by atoms with Crippen LogP contribution >= 0.6 is 0 Å². The molecule has 0 aliphatic heterocycles. The summed E-state index contributed by atoms with van der Waals surface area (Å²) in [5, 5.41) is 32.1. The topological polar surface area (TPSA) is 149 Å². The van der Waals surface area contributed by atoms with Crippen molar-refractivity contribution < 1.29 is 37.9 Å². The zero-order valence-electron chi connectivity index (χ0n) is 14.4. The second-order valence-electron chi connectivity index (χ2n) is 6.38. The van der Waals surface area contributed by atoms with Crippen LogP contribution < -0.4 is 0 Å². The molecule has 0 fully saturated rings. The molecule has 146 valence electrons. The third kappa shape index (κ3) is 2.67. The smallest absolute Gasteiger partial charge is 0.299 e. The van der Waals surface area contributed by atoms with E-state index in [2.05, 4.69) is 0 Å². The van der Waals surface area contributed by atoms with Crippen LogP contribution in [0.3, 0.4) is 0 Å². The number of phenolic OH excluding ortho intramolecular Hbond substituents is 2. The highest BCUT2D eigenvalue weighted by atomic mass is 32.2. The molecule has 9 heteroatoms. The van der Waals surface area contributed by atoms with Gasteiger partial charge < -0.3 is 15.3 Å². The molecule has 0 saturated heterocycles. The molecule has 8 nitrogen and oxygen atoms in total. The fourth-order valence-electron chi connectivity index (χ4n) is 3.47. The lowest BCUT2D eigenvalue weighted by Gasteiger charge is -2.20. The first-order valence-electron chi connectivity index (χ1n) is 8.20. The lowest BCUT2D eigenvalue weighted by molar-refractivity contribution is -0.114. The molecule has 1 aliphatic rings. The monoisotopic (exact) mass is 412 g/mol. The minimum atomic E-state index is -5.10. The van der Waals surface area contributed by atoms with Crippen molar-refractivity contribution in [1.82, 2.24) is 0 Å². The number of hydrogen-bond donors (Lipinski definition) is 4. The normalized spacial score (nSPS) is 14.0. The second-order valence-corrected chi connectivity index (χ2v) is 7.74. The highest BCUT2D eigenvalue weighted by molar-refractivity contribution is 7.86. The van der Waals surface area contributed by atoms with Gasteiger partial charge in [0, 0.05) is 11.1 Å². The molecule has 0 atom stereocenters. The van der Waals surface area contributed by atoms with Gasteiger partial charge in [-0.3, -0.25) is 14.1 Å². The first-order valence-corrected chi connectivity index (χ1v) is 9.64. The Labute approximate surface area is 163 Å². The van der Waals surface area contributed by atoms with E-state index in [4.69, 9.17) is 0 Å². The largest absolute Gasteiger partial charge is 0.506 e. The summed E-state index contributed by atoms with van der Waals surface area (Å²) < 4.78 is 34.0. The van der Waals surface area contributed by atoms with Crippen LogP contribution in [0.2, 0.25) is 0 Å². The highest BCUT2D eigenvalue weighted by Crippen LogP contribution is 2.49. The van der Waals surface area contributed by atoms with Crippen LogP contribution in [0.1, 0.15) is 15.9 Å². The Kier molecular flexibility index (Phi) is 3.96. The molecule has 0 bridgehead atoms. The van der Waals surface area contributed by atoms with E-state index in [1.807, 2.05) is 0 Å². The molecule has 0 unspecified atom stereocenters. The Morgan fingerprint density at radius 2 is 1.41 bits per heavy atom. The van der Waals surface area contributed by atoms with Crippen LogP contribution in [0.5, 0.6) is 11.5 Å². The number of phenols is 2. The number of allylic oxidation sites excluding steroid dienone is 1. The average molecular weight is 412 g/mol. The molecule has 0 spiro atoms. The molecule has 3 aromatic rings. The van der Waals surface area contributed by atoms with Gasteiger partial charge in [-0.05, 0) is 22.4 Å². The molecule has 29 heavy (non-hydrogen) atoms. The van der Waals surface area contributed by atoms with Gasteiger partial charge in [-0.1, -0.05) is 42.5 Å². The summed E-state index contributed by atoms with van der Waals surface area (Å²) in [5.41, 5.74) is -1.68. The minimum Gasteiger partial charge on any atom is -0.506 e. The molecule has 1 aliphatic carbocycles. The zero-order valence-corrected chi connectivity index (χ0v) is 15.3. The third-order valence-corrected chi connectivity index (χ3v) is 5.62. The summed E-state index contributed by atoms with van der Waals surface area (Å²) in [6.07, 6.45) is 0.662. The van der Waals surface area contributed by atoms with Crippen molar-refractivity contribution in [3.05, 3.63) is 59.4 Å². The van der Waals surface area contributed by atoms with Crippen molar-refractivity contribution in [3.8, 4) is 22.6 Å². The zero-order chi connectivity index (χ0) is 21.1.